The maximum Gasteiger partial charge on any atom is 0.175 e. The van der Waals surface area contributed by atoms with Gasteiger partial charge in [-0.1, -0.05) is 0 Å². The largest absolute Gasteiger partial charge is 0.397 e. The molecule has 0 aromatic heterocycles. The highest BCUT2D eigenvalue weighted by molar-refractivity contribution is 7.90. The number of nitrogens with zero attached hydrogens (tertiary/aromatic N) is 1. The SMILES string of the molecule is CS(=O)(=O)c1ccc(N2CCC(CO)CC2)c(N)c1. The van der Waals surface area contributed by atoms with Gasteiger partial charge in [-0.25, -0.2) is 8.42 Å². The Morgan fingerprint density at radius 2 is 2.00 bits per heavy atom. The number of sulfone groups is 1. The van der Waals surface area contributed by atoms with E-state index >= 15 is 0 Å². The highest BCUT2D eigenvalue weighted by Gasteiger charge is 2.20. The van der Waals surface area contributed by atoms with E-state index in [-0.39, 0.29) is 11.5 Å². The number of benzene rings is 1. The van der Waals surface area contributed by atoms with Crippen molar-refractivity contribution in [3.05, 3.63) is 18.2 Å². The molecular formula is C13H20N2O3S. The molecule has 3 N–H and O–H groups in total. The Bertz CT molecular complexity index is 549. The Kier molecular flexibility index (Phi) is 4.01. The van der Waals surface area contributed by atoms with Crippen LogP contribution in [0, 0.1) is 5.92 Å². The summed E-state index contributed by atoms with van der Waals surface area (Å²) >= 11 is 0. The van der Waals surface area contributed by atoms with Crippen LogP contribution in [-0.4, -0.2) is 39.5 Å². The molecule has 0 spiro atoms. The Morgan fingerprint density at radius 3 is 2.47 bits per heavy atom. The third-order valence-corrected chi connectivity index (χ3v) is 4.75. The lowest BCUT2D eigenvalue weighted by Gasteiger charge is -2.33. The first-order chi connectivity index (χ1) is 8.91. The van der Waals surface area contributed by atoms with Crippen molar-refractivity contribution in [3.63, 3.8) is 0 Å². The van der Waals surface area contributed by atoms with Crippen molar-refractivity contribution in [3.8, 4) is 0 Å². The summed E-state index contributed by atoms with van der Waals surface area (Å²) in [5.74, 6) is 0.368. The van der Waals surface area contributed by atoms with Gasteiger partial charge in [0.2, 0.25) is 0 Å². The van der Waals surface area contributed by atoms with E-state index < -0.39 is 9.84 Å². The molecule has 0 amide bonds. The third-order valence-electron chi connectivity index (χ3n) is 3.64. The minimum atomic E-state index is -3.22. The van der Waals surface area contributed by atoms with Gasteiger partial charge in [-0.3, -0.25) is 0 Å². The number of nitrogen functional groups attached to an aromatic ring is 1. The highest BCUT2D eigenvalue weighted by atomic mass is 32.2. The van der Waals surface area contributed by atoms with E-state index in [9.17, 15) is 8.42 Å². The van der Waals surface area contributed by atoms with Crippen molar-refractivity contribution < 1.29 is 13.5 Å². The van der Waals surface area contributed by atoms with E-state index in [1.807, 2.05) is 0 Å². The van der Waals surface area contributed by atoms with Gasteiger partial charge in [0.15, 0.2) is 9.84 Å². The first-order valence-electron chi connectivity index (χ1n) is 6.37. The topological polar surface area (TPSA) is 83.6 Å². The molecular weight excluding hydrogens is 264 g/mol. The van der Waals surface area contributed by atoms with Gasteiger partial charge in [0.25, 0.3) is 0 Å². The van der Waals surface area contributed by atoms with Crippen LogP contribution in [0.3, 0.4) is 0 Å². The fourth-order valence-corrected chi connectivity index (χ4v) is 3.06. The van der Waals surface area contributed by atoms with E-state index in [0.717, 1.165) is 31.6 Å². The van der Waals surface area contributed by atoms with Crippen molar-refractivity contribution >= 4 is 21.2 Å². The van der Waals surface area contributed by atoms with E-state index in [1.165, 1.54) is 12.3 Å². The summed E-state index contributed by atoms with van der Waals surface area (Å²) < 4.78 is 22.9. The molecule has 0 saturated carbocycles. The summed E-state index contributed by atoms with van der Waals surface area (Å²) in [6.07, 6.45) is 3.04. The lowest BCUT2D eigenvalue weighted by atomic mass is 9.97. The Labute approximate surface area is 113 Å². The number of aliphatic hydroxyl groups excluding tert-OH is 1. The molecule has 106 valence electrons. The second kappa shape index (κ2) is 5.38. The Balaban J connectivity index is 2.18. The van der Waals surface area contributed by atoms with Crippen molar-refractivity contribution in [2.24, 2.45) is 5.92 Å². The average molecular weight is 284 g/mol. The molecule has 1 heterocycles. The number of anilines is 2. The molecule has 0 unspecified atom stereocenters. The van der Waals surface area contributed by atoms with Crippen molar-refractivity contribution in [1.29, 1.82) is 0 Å². The van der Waals surface area contributed by atoms with Gasteiger partial charge in [0.1, 0.15) is 0 Å². The molecule has 0 aliphatic carbocycles. The summed E-state index contributed by atoms with van der Waals surface area (Å²) in [6.45, 7) is 1.91. The Hall–Kier alpha value is -1.27. The zero-order chi connectivity index (χ0) is 14.0. The van der Waals surface area contributed by atoms with Crippen LogP contribution in [0.1, 0.15) is 12.8 Å². The Morgan fingerprint density at radius 1 is 1.37 bits per heavy atom. The molecule has 0 bridgehead atoms. The lowest BCUT2D eigenvalue weighted by Crippen LogP contribution is -2.35. The van der Waals surface area contributed by atoms with E-state index in [1.54, 1.807) is 12.1 Å². The molecule has 1 fully saturated rings. The number of nitrogens with two attached hydrogens (primary N) is 1. The van der Waals surface area contributed by atoms with Gasteiger partial charge < -0.3 is 15.7 Å². The van der Waals surface area contributed by atoms with Gasteiger partial charge in [0, 0.05) is 26.0 Å². The van der Waals surface area contributed by atoms with Crippen LogP contribution in [0.15, 0.2) is 23.1 Å². The van der Waals surface area contributed by atoms with Crippen LogP contribution in [0.2, 0.25) is 0 Å². The summed E-state index contributed by atoms with van der Waals surface area (Å²) in [5, 5.41) is 9.12. The second-order valence-electron chi connectivity index (χ2n) is 5.11. The van der Waals surface area contributed by atoms with E-state index in [2.05, 4.69) is 4.90 Å². The average Bonchev–Trinajstić information content (AvgIpc) is 2.38. The van der Waals surface area contributed by atoms with Crippen LogP contribution in [0.4, 0.5) is 11.4 Å². The molecule has 5 nitrogen and oxygen atoms in total. The zero-order valence-electron chi connectivity index (χ0n) is 11.0. The quantitative estimate of drug-likeness (QED) is 0.805. The molecule has 1 aliphatic heterocycles. The number of hydrogen-bond donors (Lipinski definition) is 2. The molecule has 1 saturated heterocycles. The van der Waals surface area contributed by atoms with Gasteiger partial charge in [-0.05, 0) is 37.0 Å². The molecule has 1 aliphatic rings. The summed E-state index contributed by atoms with van der Waals surface area (Å²) in [5.41, 5.74) is 7.33. The second-order valence-corrected chi connectivity index (χ2v) is 7.12. The van der Waals surface area contributed by atoms with Crippen LogP contribution in [0.5, 0.6) is 0 Å². The molecule has 2 rings (SSSR count). The maximum absolute atomic E-state index is 11.5. The number of rotatable bonds is 3. The number of piperidine rings is 1. The minimum absolute atomic E-state index is 0.232. The fourth-order valence-electron chi connectivity index (χ4n) is 2.41. The molecule has 19 heavy (non-hydrogen) atoms. The molecule has 0 atom stereocenters. The molecule has 1 aromatic rings. The van der Waals surface area contributed by atoms with Gasteiger partial charge in [-0.15, -0.1) is 0 Å². The predicted octanol–water partition coefficient (Wildman–Crippen LogP) is 0.881. The molecule has 1 aromatic carbocycles. The fraction of sp³-hybridized carbons (Fsp3) is 0.538. The zero-order valence-corrected chi connectivity index (χ0v) is 11.9. The van der Waals surface area contributed by atoms with E-state index in [4.69, 9.17) is 10.8 Å². The summed E-state index contributed by atoms with van der Waals surface area (Å²) in [7, 11) is -3.22. The standard InChI is InChI=1S/C13H20N2O3S/c1-19(17,18)11-2-3-13(12(14)8-11)15-6-4-10(9-16)5-7-15/h2-3,8,10,16H,4-7,9,14H2,1H3. The van der Waals surface area contributed by atoms with Crippen molar-refractivity contribution in [2.45, 2.75) is 17.7 Å². The van der Waals surface area contributed by atoms with Crippen molar-refractivity contribution in [2.75, 3.05) is 36.6 Å². The monoisotopic (exact) mass is 284 g/mol. The van der Waals surface area contributed by atoms with Crippen LogP contribution >= 0.6 is 0 Å². The summed E-state index contributed by atoms with van der Waals surface area (Å²) in [6, 6.07) is 4.88. The minimum Gasteiger partial charge on any atom is -0.397 e. The maximum atomic E-state index is 11.5. The normalized spacial score (nSPS) is 17.7. The number of aliphatic hydroxyl groups is 1. The summed E-state index contributed by atoms with van der Waals surface area (Å²) in [4.78, 5) is 2.40. The van der Waals surface area contributed by atoms with Gasteiger partial charge in [-0.2, -0.15) is 0 Å². The van der Waals surface area contributed by atoms with E-state index in [0.29, 0.717) is 11.6 Å². The van der Waals surface area contributed by atoms with Crippen LogP contribution < -0.4 is 10.6 Å². The van der Waals surface area contributed by atoms with Gasteiger partial charge >= 0.3 is 0 Å². The highest BCUT2D eigenvalue weighted by Crippen LogP contribution is 2.29. The van der Waals surface area contributed by atoms with Crippen molar-refractivity contribution in [1.82, 2.24) is 0 Å². The lowest BCUT2D eigenvalue weighted by molar-refractivity contribution is 0.203. The smallest absolute Gasteiger partial charge is 0.175 e. The number of hydrogen-bond acceptors (Lipinski definition) is 5. The molecule has 0 radical (unpaired) electrons. The van der Waals surface area contributed by atoms with Crippen LogP contribution in [0.25, 0.3) is 0 Å². The van der Waals surface area contributed by atoms with Gasteiger partial charge in [0.05, 0.1) is 16.3 Å². The predicted molar refractivity (Wildman–Crippen MR) is 76.0 cm³/mol. The first-order valence-corrected chi connectivity index (χ1v) is 8.26. The molecule has 6 heteroatoms. The third kappa shape index (κ3) is 3.19. The first kappa shape index (κ1) is 14.1. The van der Waals surface area contributed by atoms with Crippen LogP contribution in [-0.2, 0) is 9.84 Å².